The first-order chi connectivity index (χ1) is 12.4. The number of nitrogens with one attached hydrogen (secondary N) is 1. The largest absolute Gasteiger partial charge is 0.410 e. The zero-order chi connectivity index (χ0) is 18.7. The molecule has 1 fully saturated rings. The first-order valence-corrected chi connectivity index (χ1v) is 8.27. The molecule has 2 N–H and O–H groups in total. The summed E-state index contributed by atoms with van der Waals surface area (Å²) in [4.78, 5) is 25.7. The van der Waals surface area contributed by atoms with Gasteiger partial charge in [0.25, 0.3) is 11.7 Å². The van der Waals surface area contributed by atoms with Gasteiger partial charge in [-0.25, -0.2) is 9.18 Å². The lowest BCUT2D eigenvalue weighted by atomic mass is 10.2. The number of hydrogen-bond donors (Lipinski definition) is 2. The summed E-state index contributed by atoms with van der Waals surface area (Å²) in [5.74, 6) is -3.49. The van der Waals surface area contributed by atoms with E-state index in [4.69, 9.17) is 16.3 Å². The minimum atomic E-state index is -2.22. The predicted octanol–water partition coefficient (Wildman–Crippen LogP) is 2.83. The lowest BCUT2D eigenvalue weighted by molar-refractivity contribution is -0.175. The second-order valence-electron chi connectivity index (χ2n) is 5.82. The quantitative estimate of drug-likeness (QED) is 0.802. The van der Waals surface area contributed by atoms with Crippen molar-refractivity contribution in [2.75, 3.05) is 11.4 Å². The van der Waals surface area contributed by atoms with Gasteiger partial charge in [-0.1, -0.05) is 35.9 Å². The molecule has 2 aromatic carbocycles. The topological polar surface area (TPSA) is 78.9 Å². The molecule has 1 aliphatic heterocycles. The highest BCUT2D eigenvalue weighted by Gasteiger charge is 2.49. The number of nitrogens with zero attached hydrogens (tertiary/aromatic N) is 1. The van der Waals surface area contributed by atoms with E-state index < -0.39 is 23.6 Å². The Hall–Kier alpha value is -2.64. The van der Waals surface area contributed by atoms with Gasteiger partial charge < -0.3 is 20.1 Å². The number of para-hydroxylation sites is 1. The van der Waals surface area contributed by atoms with Crippen LogP contribution in [0, 0.1) is 5.82 Å². The zero-order valence-electron chi connectivity index (χ0n) is 13.6. The summed E-state index contributed by atoms with van der Waals surface area (Å²) in [6.45, 7) is 0.228. The number of ether oxygens (including phenoxy) is 1. The van der Waals surface area contributed by atoms with Crippen molar-refractivity contribution in [3.8, 4) is 0 Å². The predicted molar refractivity (Wildman–Crippen MR) is 93.1 cm³/mol. The van der Waals surface area contributed by atoms with Crippen LogP contribution in [-0.2, 0) is 16.1 Å². The monoisotopic (exact) mass is 378 g/mol. The third-order valence-electron chi connectivity index (χ3n) is 4.00. The fourth-order valence-electron chi connectivity index (χ4n) is 2.64. The van der Waals surface area contributed by atoms with Gasteiger partial charge in [0.15, 0.2) is 0 Å². The molecule has 136 valence electrons. The van der Waals surface area contributed by atoms with E-state index in [1.54, 1.807) is 24.3 Å². The van der Waals surface area contributed by atoms with Crippen molar-refractivity contribution in [2.24, 2.45) is 0 Å². The molecular weight excluding hydrogens is 363 g/mol. The molecule has 1 heterocycles. The Morgan fingerprint density at radius 1 is 1.31 bits per heavy atom. The average molecular weight is 379 g/mol. The van der Waals surface area contributed by atoms with Crippen molar-refractivity contribution < 1.29 is 23.8 Å². The Morgan fingerprint density at radius 2 is 2.04 bits per heavy atom. The summed E-state index contributed by atoms with van der Waals surface area (Å²) < 4.78 is 18.1. The summed E-state index contributed by atoms with van der Waals surface area (Å²) >= 11 is 5.67. The summed E-state index contributed by atoms with van der Waals surface area (Å²) in [5.41, 5.74) is 1.15. The zero-order valence-corrected chi connectivity index (χ0v) is 14.4. The second-order valence-corrected chi connectivity index (χ2v) is 6.23. The highest BCUT2D eigenvalue weighted by molar-refractivity contribution is 6.30. The maximum Gasteiger partial charge on any atom is 0.410 e. The van der Waals surface area contributed by atoms with Crippen molar-refractivity contribution in [2.45, 2.75) is 18.8 Å². The van der Waals surface area contributed by atoms with E-state index in [1.165, 1.54) is 23.1 Å². The molecule has 0 saturated carbocycles. The van der Waals surface area contributed by atoms with Crippen LogP contribution in [0.15, 0.2) is 48.5 Å². The summed E-state index contributed by atoms with van der Waals surface area (Å²) in [5, 5.41) is 12.7. The van der Waals surface area contributed by atoms with Crippen LogP contribution < -0.4 is 10.2 Å². The van der Waals surface area contributed by atoms with Crippen molar-refractivity contribution in [3.05, 3.63) is 64.9 Å². The Morgan fingerprint density at radius 3 is 2.73 bits per heavy atom. The third kappa shape index (κ3) is 3.79. The molecule has 1 atom stereocenters. The van der Waals surface area contributed by atoms with Gasteiger partial charge in [0.05, 0.1) is 5.02 Å². The van der Waals surface area contributed by atoms with Crippen molar-refractivity contribution in [1.82, 2.24) is 5.32 Å². The number of anilines is 1. The van der Waals surface area contributed by atoms with Gasteiger partial charge >= 0.3 is 6.09 Å². The van der Waals surface area contributed by atoms with E-state index in [0.29, 0.717) is 11.3 Å². The molecule has 0 radical (unpaired) electrons. The number of rotatable bonds is 4. The molecule has 3 rings (SSSR count). The highest BCUT2D eigenvalue weighted by atomic mass is 35.5. The van der Waals surface area contributed by atoms with Crippen molar-refractivity contribution in [3.63, 3.8) is 0 Å². The van der Waals surface area contributed by atoms with Gasteiger partial charge in [0.1, 0.15) is 5.82 Å². The molecule has 0 spiro atoms. The average Bonchev–Trinajstić information content (AvgIpc) is 2.92. The van der Waals surface area contributed by atoms with Crippen LogP contribution in [-0.4, -0.2) is 29.4 Å². The van der Waals surface area contributed by atoms with E-state index in [1.807, 2.05) is 6.07 Å². The van der Waals surface area contributed by atoms with Crippen LogP contribution in [0.2, 0.25) is 5.02 Å². The Kier molecular flexibility index (Phi) is 5.11. The summed E-state index contributed by atoms with van der Waals surface area (Å²) in [6.07, 6.45) is -1.01. The smallest absolute Gasteiger partial charge is 0.407 e. The number of aliphatic hydroxyl groups is 1. The molecule has 2 aromatic rings. The fourth-order valence-corrected chi connectivity index (χ4v) is 2.85. The van der Waals surface area contributed by atoms with Gasteiger partial charge in [-0.15, -0.1) is 0 Å². The minimum absolute atomic E-state index is 0.00546. The maximum atomic E-state index is 13.1. The number of hydrogen-bond acceptors (Lipinski definition) is 4. The van der Waals surface area contributed by atoms with E-state index >= 15 is 0 Å². The van der Waals surface area contributed by atoms with Crippen molar-refractivity contribution >= 4 is 29.3 Å². The molecule has 1 aliphatic rings. The molecule has 2 amide bonds. The van der Waals surface area contributed by atoms with Gasteiger partial charge in [-0.3, -0.25) is 4.79 Å². The van der Waals surface area contributed by atoms with E-state index in [0.717, 1.165) is 0 Å². The normalized spacial score (nSPS) is 19.5. The van der Waals surface area contributed by atoms with Gasteiger partial charge in [-0.05, 0) is 29.8 Å². The SMILES string of the molecule is O=C(NCc1ccc(F)c(Cl)c1)O[C@]1(O)CCN(c2ccccc2)C1=O. The Labute approximate surface area is 154 Å². The molecule has 6 nitrogen and oxygen atoms in total. The van der Waals surface area contributed by atoms with Crippen LogP contribution >= 0.6 is 11.6 Å². The lowest BCUT2D eigenvalue weighted by Gasteiger charge is -2.22. The molecule has 0 aromatic heterocycles. The Bertz CT molecular complexity index is 833. The highest BCUT2D eigenvalue weighted by Crippen LogP contribution is 2.29. The lowest BCUT2D eigenvalue weighted by Crippen LogP contribution is -2.46. The summed E-state index contributed by atoms with van der Waals surface area (Å²) in [7, 11) is 0. The number of amides is 2. The molecular formula is C18H16ClFN2O4. The molecule has 0 bridgehead atoms. The molecule has 1 saturated heterocycles. The number of benzene rings is 2. The minimum Gasteiger partial charge on any atom is -0.407 e. The van der Waals surface area contributed by atoms with Crippen LogP contribution in [0.25, 0.3) is 0 Å². The first kappa shape index (κ1) is 18.2. The third-order valence-corrected chi connectivity index (χ3v) is 4.29. The molecule has 8 heteroatoms. The van der Waals surface area contributed by atoms with Crippen molar-refractivity contribution in [1.29, 1.82) is 0 Å². The number of alkyl carbamates (subject to hydrolysis) is 1. The fraction of sp³-hybridized carbons (Fsp3) is 0.222. The van der Waals surface area contributed by atoms with Gasteiger partial charge in [-0.2, -0.15) is 0 Å². The van der Waals surface area contributed by atoms with Crippen LogP contribution in [0.3, 0.4) is 0 Å². The van der Waals surface area contributed by atoms with Crippen LogP contribution in [0.4, 0.5) is 14.9 Å². The Balaban J connectivity index is 1.60. The number of halogens is 2. The van der Waals surface area contributed by atoms with Crippen LogP contribution in [0.5, 0.6) is 0 Å². The molecule has 0 aliphatic carbocycles. The number of carbonyl (C=O) groups excluding carboxylic acids is 2. The van der Waals surface area contributed by atoms with E-state index in [-0.39, 0.29) is 24.5 Å². The first-order valence-electron chi connectivity index (χ1n) is 7.89. The van der Waals surface area contributed by atoms with Gasteiger partial charge in [0, 0.05) is 25.2 Å². The van der Waals surface area contributed by atoms with Crippen LogP contribution in [0.1, 0.15) is 12.0 Å². The number of carbonyl (C=O) groups is 2. The van der Waals surface area contributed by atoms with E-state index in [9.17, 15) is 19.1 Å². The summed E-state index contributed by atoms with van der Waals surface area (Å²) in [6, 6.07) is 12.8. The molecule has 0 unspecified atom stereocenters. The van der Waals surface area contributed by atoms with Gasteiger partial charge in [0.2, 0.25) is 0 Å². The maximum absolute atomic E-state index is 13.1. The second kappa shape index (κ2) is 7.31. The molecule has 26 heavy (non-hydrogen) atoms. The standard InChI is InChI=1S/C18H16ClFN2O4/c19-14-10-12(6-7-15(14)20)11-21-17(24)26-18(25)8-9-22(16(18)23)13-4-2-1-3-5-13/h1-7,10,25H,8-9,11H2,(H,21,24)/t18-/m1/s1. The van der Waals surface area contributed by atoms with E-state index in [2.05, 4.69) is 5.32 Å².